The van der Waals surface area contributed by atoms with Crippen molar-refractivity contribution in [2.75, 3.05) is 44.1 Å². The van der Waals surface area contributed by atoms with Crippen LogP contribution in [0.5, 0.6) is 0 Å². The zero-order valence-corrected chi connectivity index (χ0v) is 13.3. The van der Waals surface area contributed by atoms with Crippen LogP contribution in [-0.2, 0) is 14.6 Å². The van der Waals surface area contributed by atoms with E-state index in [4.69, 9.17) is 10.5 Å². The lowest BCUT2D eigenvalue weighted by molar-refractivity contribution is 0.0960. The van der Waals surface area contributed by atoms with E-state index in [1.807, 2.05) is 0 Å². The van der Waals surface area contributed by atoms with Crippen molar-refractivity contribution in [2.45, 2.75) is 11.8 Å². The maximum atomic E-state index is 11.9. The van der Waals surface area contributed by atoms with Crippen molar-refractivity contribution in [3.05, 3.63) is 4.88 Å². The number of amides is 1. The van der Waals surface area contributed by atoms with Crippen LogP contribution in [0.4, 0.5) is 10.7 Å². The van der Waals surface area contributed by atoms with Gasteiger partial charge in [-0.3, -0.25) is 4.79 Å². The first-order valence-electron chi connectivity index (χ1n) is 5.96. The molecule has 4 N–H and O–H groups in total. The van der Waals surface area contributed by atoms with E-state index in [0.717, 1.165) is 17.6 Å². The fourth-order valence-corrected chi connectivity index (χ4v) is 4.10. The molecule has 0 saturated carbocycles. The second-order valence-corrected chi connectivity index (χ2v) is 7.03. The van der Waals surface area contributed by atoms with E-state index in [0.29, 0.717) is 24.7 Å². The second kappa shape index (κ2) is 6.91. The van der Waals surface area contributed by atoms with E-state index in [9.17, 15) is 13.2 Å². The Balaban J connectivity index is 3.21. The first kappa shape index (κ1) is 16.7. The van der Waals surface area contributed by atoms with Gasteiger partial charge in [0.15, 0.2) is 9.84 Å². The highest BCUT2D eigenvalue weighted by atomic mass is 32.2. The number of methoxy groups -OCH3 is 1. The summed E-state index contributed by atoms with van der Waals surface area (Å²) in [5.41, 5.74) is 5.81. The molecule has 0 spiro atoms. The summed E-state index contributed by atoms with van der Waals surface area (Å²) < 4.78 is 28.5. The highest BCUT2D eigenvalue weighted by molar-refractivity contribution is 7.91. The maximum Gasteiger partial charge on any atom is 0.263 e. The SMILES string of the molecule is CCNC(=O)c1sc(NCCOC)c(S(C)(=O)=O)c1N. The number of rotatable bonds is 7. The lowest BCUT2D eigenvalue weighted by Gasteiger charge is -2.05. The maximum absolute atomic E-state index is 11.9. The van der Waals surface area contributed by atoms with E-state index in [2.05, 4.69) is 10.6 Å². The number of hydrogen-bond donors (Lipinski definition) is 3. The summed E-state index contributed by atoms with van der Waals surface area (Å²) in [6.07, 6.45) is 1.06. The number of carbonyl (C=O) groups is 1. The van der Waals surface area contributed by atoms with Crippen molar-refractivity contribution in [2.24, 2.45) is 0 Å². The highest BCUT2D eigenvalue weighted by Gasteiger charge is 2.26. The van der Waals surface area contributed by atoms with Crippen molar-refractivity contribution in [3.63, 3.8) is 0 Å². The smallest absolute Gasteiger partial charge is 0.263 e. The minimum Gasteiger partial charge on any atom is -0.396 e. The van der Waals surface area contributed by atoms with Crippen molar-refractivity contribution in [3.8, 4) is 0 Å². The summed E-state index contributed by atoms with van der Waals surface area (Å²) in [6, 6.07) is 0. The highest BCUT2D eigenvalue weighted by Crippen LogP contribution is 2.38. The molecule has 0 aliphatic heterocycles. The molecule has 0 saturated heterocycles. The average molecular weight is 321 g/mol. The summed E-state index contributed by atoms with van der Waals surface area (Å²) >= 11 is 1.03. The van der Waals surface area contributed by atoms with Gasteiger partial charge in [0.25, 0.3) is 5.91 Å². The van der Waals surface area contributed by atoms with Crippen molar-refractivity contribution < 1.29 is 17.9 Å². The van der Waals surface area contributed by atoms with Crippen molar-refractivity contribution in [1.82, 2.24) is 5.32 Å². The van der Waals surface area contributed by atoms with Gasteiger partial charge in [-0.15, -0.1) is 11.3 Å². The lowest BCUT2D eigenvalue weighted by atomic mass is 10.3. The number of hydrogen-bond acceptors (Lipinski definition) is 7. The van der Waals surface area contributed by atoms with E-state index >= 15 is 0 Å². The van der Waals surface area contributed by atoms with E-state index in [1.165, 1.54) is 0 Å². The van der Waals surface area contributed by atoms with Crippen LogP contribution in [0.15, 0.2) is 4.90 Å². The van der Waals surface area contributed by atoms with Gasteiger partial charge in [0, 0.05) is 26.5 Å². The van der Waals surface area contributed by atoms with Crippen LogP contribution in [0.2, 0.25) is 0 Å². The summed E-state index contributed by atoms with van der Waals surface area (Å²) in [4.78, 5) is 12.0. The number of sulfone groups is 1. The van der Waals surface area contributed by atoms with Crippen LogP contribution >= 0.6 is 11.3 Å². The molecule has 1 amide bonds. The predicted molar refractivity (Wildman–Crippen MR) is 80.2 cm³/mol. The van der Waals surface area contributed by atoms with Gasteiger partial charge in [0.2, 0.25) is 0 Å². The molecule has 114 valence electrons. The molecule has 0 aromatic carbocycles. The van der Waals surface area contributed by atoms with Crippen LogP contribution in [0.1, 0.15) is 16.6 Å². The molecule has 1 heterocycles. The molecule has 0 bridgehead atoms. The topological polar surface area (TPSA) is 111 Å². The Hall–Kier alpha value is -1.32. The van der Waals surface area contributed by atoms with Gasteiger partial charge in [-0.2, -0.15) is 0 Å². The standard InChI is InChI=1S/C11H19N3O4S2/c1-4-13-10(15)8-7(12)9(20(3,16)17)11(19-8)14-5-6-18-2/h14H,4-6,12H2,1-3H3,(H,13,15). The Labute approximate surface area is 122 Å². The number of nitrogen functional groups attached to an aromatic ring is 1. The van der Waals surface area contributed by atoms with E-state index in [1.54, 1.807) is 14.0 Å². The van der Waals surface area contributed by atoms with Gasteiger partial charge in [-0.25, -0.2) is 8.42 Å². The second-order valence-electron chi connectivity index (χ2n) is 4.05. The molecule has 0 aliphatic carbocycles. The van der Waals surface area contributed by atoms with Gasteiger partial charge in [-0.05, 0) is 6.92 Å². The quantitative estimate of drug-likeness (QED) is 0.632. The summed E-state index contributed by atoms with van der Waals surface area (Å²) in [6.45, 7) is 3.05. The molecule has 0 atom stereocenters. The van der Waals surface area contributed by atoms with Crippen LogP contribution in [0, 0.1) is 0 Å². The molecule has 0 radical (unpaired) electrons. The summed E-state index contributed by atoms with van der Waals surface area (Å²) in [7, 11) is -1.98. The minimum atomic E-state index is -3.53. The van der Waals surface area contributed by atoms with Gasteiger partial charge in [0.05, 0.1) is 12.3 Å². The Morgan fingerprint density at radius 1 is 1.45 bits per heavy atom. The summed E-state index contributed by atoms with van der Waals surface area (Å²) in [5, 5.41) is 5.90. The molecule has 0 unspecified atom stereocenters. The summed E-state index contributed by atoms with van der Waals surface area (Å²) in [5.74, 6) is -0.375. The molecule has 7 nitrogen and oxygen atoms in total. The van der Waals surface area contributed by atoms with Gasteiger partial charge in [-0.1, -0.05) is 0 Å². The average Bonchev–Trinajstić information content (AvgIpc) is 2.66. The van der Waals surface area contributed by atoms with Crippen LogP contribution in [0.25, 0.3) is 0 Å². The van der Waals surface area contributed by atoms with Crippen molar-refractivity contribution in [1.29, 1.82) is 0 Å². The van der Waals surface area contributed by atoms with Gasteiger partial charge < -0.3 is 21.1 Å². The predicted octanol–water partition coefficient (Wildman–Crippen LogP) is 0.542. The first-order chi connectivity index (χ1) is 9.32. The van der Waals surface area contributed by atoms with Crippen LogP contribution < -0.4 is 16.4 Å². The minimum absolute atomic E-state index is 0.0108. The molecule has 1 rings (SSSR count). The molecule has 1 aromatic heterocycles. The largest absolute Gasteiger partial charge is 0.396 e. The van der Waals surface area contributed by atoms with E-state index in [-0.39, 0.29) is 21.4 Å². The number of carbonyl (C=O) groups excluding carboxylic acids is 1. The molecule has 0 fully saturated rings. The van der Waals surface area contributed by atoms with Crippen LogP contribution in [-0.4, -0.2) is 47.4 Å². The molecular weight excluding hydrogens is 302 g/mol. The third kappa shape index (κ3) is 3.84. The number of thiophene rings is 1. The fourth-order valence-electron chi connectivity index (χ4n) is 1.59. The fraction of sp³-hybridized carbons (Fsp3) is 0.545. The Bertz CT molecular complexity index is 581. The zero-order valence-electron chi connectivity index (χ0n) is 11.6. The van der Waals surface area contributed by atoms with Gasteiger partial charge in [0.1, 0.15) is 14.8 Å². The number of nitrogens with one attached hydrogen (secondary N) is 2. The number of ether oxygens (including phenoxy) is 1. The Morgan fingerprint density at radius 3 is 2.60 bits per heavy atom. The Morgan fingerprint density at radius 2 is 2.10 bits per heavy atom. The molecule has 0 aliphatic rings. The van der Waals surface area contributed by atoms with E-state index < -0.39 is 9.84 Å². The molecule has 20 heavy (non-hydrogen) atoms. The lowest BCUT2D eigenvalue weighted by Crippen LogP contribution is -2.22. The Kier molecular flexibility index (Phi) is 5.78. The number of nitrogens with two attached hydrogens (primary N) is 1. The molecular formula is C11H19N3O4S2. The van der Waals surface area contributed by atoms with Gasteiger partial charge >= 0.3 is 0 Å². The third-order valence-electron chi connectivity index (χ3n) is 2.41. The zero-order chi connectivity index (χ0) is 15.3. The third-order valence-corrected chi connectivity index (χ3v) is 4.86. The monoisotopic (exact) mass is 321 g/mol. The molecule has 9 heteroatoms. The molecule has 1 aromatic rings. The van der Waals surface area contributed by atoms with Crippen LogP contribution in [0.3, 0.4) is 0 Å². The number of anilines is 2. The first-order valence-corrected chi connectivity index (χ1v) is 8.67. The normalized spacial score (nSPS) is 11.3. The van der Waals surface area contributed by atoms with Crippen molar-refractivity contribution >= 4 is 37.8 Å².